The van der Waals surface area contributed by atoms with Crippen molar-refractivity contribution in [3.8, 4) is 5.75 Å². The third-order valence-electron chi connectivity index (χ3n) is 3.47. The molecule has 1 saturated heterocycles. The predicted octanol–water partition coefficient (Wildman–Crippen LogP) is 2.03. The molecule has 2 N–H and O–H groups in total. The number of aromatic hydroxyl groups is 1. The van der Waals surface area contributed by atoms with Gasteiger partial charge in [-0.1, -0.05) is 18.2 Å². The second kappa shape index (κ2) is 4.44. The van der Waals surface area contributed by atoms with Crippen molar-refractivity contribution in [1.82, 2.24) is 0 Å². The van der Waals surface area contributed by atoms with Crippen LogP contribution in [0.3, 0.4) is 0 Å². The summed E-state index contributed by atoms with van der Waals surface area (Å²) in [6.45, 7) is 3.15. The SMILES string of the molecule is CC(O)(c1ccccc1O)C1CCOCC1. The summed E-state index contributed by atoms with van der Waals surface area (Å²) in [4.78, 5) is 0. The molecule has 0 saturated carbocycles. The Kier molecular flexibility index (Phi) is 3.17. The Morgan fingerprint density at radius 2 is 1.88 bits per heavy atom. The lowest BCUT2D eigenvalue weighted by Gasteiger charge is -2.36. The third kappa shape index (κ3) is 2.06. The molecule has 0 aliphatic carbocycles. The highest BCUT2D eigenvalue weighted by molar-refractivity contribution is 5.36. The van der Waals surface area contributed by atoms with Crippen molar-refractivity contribution in [3.63, 3.8) is 0 Å². The van der Waals surface area contributed by atoms with Gasteiger partial charge in [0.15, 0.2) is 0 Å². The summed E-state index contributed by atoms with van der Waals surface area (Å²) in [6, 6.07) is 7.00. The minimum absolute atomic E-state index is 0.148. The maximum atomic E-state index is 10.6. The summed E-state index contributed by atoms with van der Waals surface area (Å²) >= 11 is 0. The van der Waals surface area contributed by atoms with E-state index in [1.54, 1.807) is 25.1 Å². The number of phenolic OH excluding ortho intramolecular Hbond substituents is 1. The molecule has 1 aromatic carbocycles. The summed E-state index contributed by atoms with van der Waals surface area (Å²) in [7, 11) is 0. The molecule has 1 aliphatic heterocycles. The average Bonchev–Trinajstić information content (AvgIpc) is 2.30. The Bertz CT molecular complexity index is 354. The molecule has 1 fully saturated rings. The van der Waals surface area contributed by atoms with Crippen molar-refractivity contribution in [2.24, 2.45) is 5.92 Å². The van der Waals surface area contributed by atoms with Gasteiger partial charge in [0.25, 0.3) is 0 Å². The first-order valence-electron chi connectivity index (χ1n) is 5.71. The third-order valence-corrected chi connectivity index (χ3v) is 3.47. The van der Waals surface area contributed by atoms with Crippen LogP contribution in [0.5, 0.6) is 5.75 Å². The van der Waals surface area contributed by atoms with E-state index in [4.69, 9.17) is 4.74 Å². The molecule has 1 heterocycles. The number of aliphatic hydroxyl groups is 1. The van der Waals surface area contributed by atoms with Gasteiger partial charge in [-0.2, -0.15) is 0 Å². The molecule has 1 aromatic rings. The normalized spacial score (nSPS) is 21.6. The van der Waals surface area contributed by atoms with Crippen LogP contribution in [-0.4, -0.2) is 23.4 Å². The van der Waals surface area contributed by atoms with Crippen molar-refractivity contribution in [2.75, 3.05) is 13.2 Å². The van der Waals surface area contributed by atoms with Crippen molar-refractivity contribution >= 4 is 0 Å². The first-order chi connectivity index (χ1) is 7.62. The van der Waals surface area contributed by atoms with Crippen LogP contribution in [0.1, 0.15) is 25.3 Å². The molecule has 0 radical (unpaired) electrons. The number of hydrogen-bond donors (Lipinski definition) is 2. The Balaban J connectivity index is 2.26. The topological polar surface area (TPSA) is 49.7 Å². The molecule has 1 atom stereocenters. The quantitative estimate of drug-likeness (QED) is 0.805. The summed E-state index contributed by atoms with van der Waals surface area (Å²) in [5, 5.41) is 20.4. The number of benzene rings is 1. The van der Waals surface area contributed by atoms with E-state index < -0.39 is 5.60 Å². The van der Waals surface area contributed by atoms with Crippen LogP contribution >= 0.6 is 0 Å². The molecule has 2 rings (SSSR count). The smallest absolute Gasteiger partial charge is 0.121 e. The number of para-hydroxylation sites is 1. The fourth-order valence-corrected chi connectivity index (χ4v) is 2.38. The molecule has 0 bridgehead atoms. The summed E-state index contributed by atoms with van der Waals surface area (Å²) in [5.41, 5.74) is -0.364. The van der Waals surface area contributed by atoms with E-state index in [0.29, 0.717) is 18.8 Å². The summed E-state index contributed by atoms with van der Waals surface area (Å²) < 4.78 is 5.29. The molecular formula is C13H18O3. The summed E-state index contributed by atoms with van der Waals surface area (Å²) in [6.07, 6.45) is 1.67. The van der Waals surface area contributed by atoms with Gasteiger partial charge in [-0.25, -0.2) is 0 Å². The largest absolute Gasteiger partial charge is 0.508 e. The minimum atomic E-state index is -0.977. The van der Waals surface area contributed by atoms with E-state index in [1.807, 2.05) is 6.07 Å². The first-order valence-corrected chi connectivity index (χ1v) is 5.71. The second-order valence-electron chi connectivity index (χ2n) is 4.55. The number of hydrogen-bond acceptors (Lipinski definition) is 3. The molecule has 1 aliphatic rings. The number of ether oxygens (including phenoxy) is 1. The molecule has 1 unspecified atom stereocenters. The van der Waals surface area contributed by atoms with E-state index in [-0.39, 0.29) is 11.7 Å². The average molecular weight is 222 g/mol. The van der Waals surface area contributed by atoms with E-state index in [9.17, 15) is 10.2 Å². The highest BCUT2D eigenvalue weighted by Gasteiger charge is 2.36. The Morgan fingerprint density at radius 3 is 2.50 bits per heavy atom. The lowest BCUT2D eigenvalue weighted by molar-refractivity contribution is -0.0590. The zero-order valence-corrected chi connectivity index (χ0v) is 9.52. The van der Waals surface area contributed by atoms with Crippen molar-refractivity contribution in [2.45, 2.75) is 25.4 Å². The molecule has 0 aromatic heterocycles. The van der Waals surface area contributed by atoms with E-state index >= 15 is 0 Å². The van der Waals surface area contributed by atoms with Gasteiger partial charge >= 0.3 is 0 Å². The zero-order valence-electron chi connectivity index (χ0n) is 9.52. The van der Waals surface area contributed by atoms with Gasteiger partial charge in [0.1, 0.15) is 5.75 Å². The lowest BCUT2D eigenvalue weighted by Crippen LogP contribution is -2.35. The van der Waals surface area contributed by atoms with Gasteiger partial charge < -0.3 is 14.9 Å². The number of phenols is 1. The molecule has 3 nitrogen and oxygen atoms in total. The summed E-state index contributed by atoms with van der Waals surface area (Å²) in [5.74, 6) is 0.313. The van der Waals surface area contributed by atoms with E-state index in [1.165, 1.54) is 0 Å². The predicted molar refractivity (Wildman–Crippen MR) is 61.2 cm³/mol. The van der Waals surface area contributed by atoms with Crippen LogP contribution in [0.15, 0.2) is 24.3 Å². The van der Waals surface area contributed by atoms with Crippen LogP contribution in [0, 0.1) is 5.92 Å². The van der Waals surface area contributed by atoms with Gasteiger partial charge in [0.05, 0.1) is 5.60 Å². The van der Waals surface area contributed by atoms with Crippen LogP contribution < -0.4 is 0 Å². The fraction of sp³-hybridized carbons (Fsp3) is 0.538. The Hall–Kier alpha value is -1.06. The lowest BCUT2D eigenvalue weighted by atomic mass is 9.78. The van der Waals surface area contributed by atoms with Gasteiger partial charge in [-0.05, 0) is 31.7 Å². The van der Waals surface area contributed by atoms with E-state index in [2.05, 4.69) is 0 Å². The number of rotatable bonds is 2. The Labute approximate surface area is 95.7 Å². The van der Waals surface area contributed by atoms with Crippen LogP contribution in [-0.2, 0) is 10.3 Å². The maximum Gasteiger partial charge on any atom is 0.121 e. The molecule has 0 amide bonds. The first kappa shape index (κ1) is 11.4. The molecule has 88 valence electrons. The highest BCUT2D eigenvalue weighted by Crippen LogP contribution is 2.39. The Morgan fingerprint density at radius 1 is 1.25 bits per heavy atom. The zero-order chi connectivity index (χ0) is 11.6. The van der Waals surface area contributed by atoms with Crippen molar-refractivity contribution in [1.29, 1.82) is 0 Å². The molecular weight excluding hydrogens is 204 g/mol. The van der Waals surface area contributed by atoms with Crippen molar-refractivity contribution in [3.05, 3.63) is 29.8 Å². The monoisotopic (exact) mass is 222 g/mol. The standard InChI is InChI=1S/C13H18O3/c1-13(15,10-6-8-16-9-7-10)11-4-2-3-5-12(11)14/h2-5,10,14-15H,6-9H2,1H3. The second-order valence-corrected chi connectivity index (χ2v) is 4.55. The fourth-order valence-electron chi connectivity index (χ4n) is 2.38. The highest BCUT2D eigenvalue weighted by atomic mass is 16.5. The van der Waals surface area contributed by atoms with Gasteiger partial charge in [-0.15, -0.1) is 0 Å². The maximum absolute atomic E-state index is 10.6. The van der Waals surface area contributed by atoms with Crippen molar-refractivity contribution < 1.29 is 14.9 Å². The van der Waals surface area contributed by atoms with Gasteiger partial charge in [0.2, 0.25) is 0 Å². The molecule has 3 heteroatoms. The van der Waals surface area contributed by atoms with Crippen LogP contribution in [0.4, 0.5) is 0 Å². The minimum Gasteiger partial charge on any atom is -0.508 e. The van der Waals surface area contributed by atoms with E-state index in [0.717, 1.165) is 12.8 Å². The molecule has 16 heavy (non-hydrogen) atoms. The van der Waals surface area contributed by atoms with Crippen LogP contribution in [0.25, 0.3) is 0 Å². The molecule has 0 spiro atoms. The van der Waals surface area contributed by atoms with Crippen LogP contribution in [0.2, 0.25) is 0 Å². The van der Waals surface area contributed by atoms with Gasteiger partial charge in [-0.3, -0.25) is 0 Å². The van der Waals surface area contributed by atoms with Gasteiger partial charge in [0, 0.05) is 18.8 Å².